The molecule has 30 heavy (non-hydrogen) atoms. The van der Waals surface area contributed by atoms with Gasteiger partial charge in [-0.25, -0.2) is 8.78 Å². The summed E-state index contributed by atoms with van der Waals surface area (Å²) >= 11 is 0. The van der Waals surface area contributed by atoms with E-state index in [9.17, 15) is 26.7 Å². The second-order valence-corrected chi connectivity index (χ2v) is 7.77. The predicted molar refractivity (Wildman–Crippen MR) is 97.3 cm³/mol. The number of carbonyl (C=O) groups excluding carboxylic acids is 1. The summed E-state index contributed by atoms with van der Waals surface area (Å²) < 4.78 is 72.7. The van der Waals surface area contributed by atoms with Gasteiger partial charge in [0.1, 0.15) is 5.69 Å². The number of hydrogen-bond donors (Lipinski definition) is 2. The first kappa shape index (κ1) is 24.5. The van der Waals surface area contributed by atoms with Crippen molar-refractivity contribution in [3.05, 3.63) is 17.0 Å². The summed E-state index contributed by atoms with van der Waals surface area (Å²) in [6, 6.07) is 0. The molecule has 1 aromatic rings. The van der Waals surface area contributed by atoms with Gasteiger partial charge in [-0.3, -0.25) is 14.4 Å². The van der Waals surface area contributed by atoms with Gasteiger partial charge < -0.3 is 15.2 Å². The first-order chi connectivity index (χ1) is 13.9. The Morgan fingerprint density at radius 3 is 2.37 bits per heavy atom. The van der Waals surface area contributed by atoms with Crippen molar-refractivity contribution in [2.45, 2.75) is 57.5 Å². The maximum Gasteiger partial charge on any atom is 0.435 e. The zero-order valence-corrected chi connectivity index (χ0v) is 17.1. The molecule has 1 amide bonds. The Bertz CT molecular complexity index is 728. The summed E-state index contributed by atoms with van der Waals surface area (Å²) in [6.07, 6.45) is -6.80. The number of nitrogens with one attached hydrogen (secondary N) is 1. The molecule has 0 unspecified atom stereocenters. The van der Waals surface area contributed by atoms with Crippen LogP contribution in [0.4, 0.5) is 22.0 Å². The van der Waals surface area contributed by atoms with Crippen molar-refractivity contribution in [3.8, 4) is 0 Å². The SMILES string of the molecule is COC1CCN(C(C)(C)CNC(=O)c2c(C(F)(F)F)nn(CCO)c2C(F)F)CC1. The van der Waals surface area contributed by atoms with Crippen LogP contribution in [0.1, 0.15) is 54.9 Å². The standard InChI is InChI=1S/C18H27F5N4O3/c1-17(2,26-6-4-11(30-3)5-7-26)10-24-16(29)12-13(15(19)20)27(8-9-28)25-14(12)18(21,22)23/h11,15,28H,4-10H2,1-3H3,(H,24,29). The number of piperidine rings is 1. The molecule has 1 aromatic heterocycles. The number of alkyl halides is 5. The molecule has 172 valence electrons. The minimum atomic E-state index is -5.10. The fourth-order valence-electron chi connectivity index (χ4n) is 3.58. The molecule has 0 radical (unpaired) electrons. The molecule has 1 saturated heterocycles. The molecule has 2 rings (SSSR count). The third-order valence-electron chi connectivity index (χ3n) is 5.32. The van der Waals surface area contributed by atoms with E-state index in [-0.39, 0.29) is 12.6 Å². The smallest absolute Gasteiger partial charge is 0.394 e. The summed E-state index contributed by atoms with van der Waals surface area (Å²) in [5, 5.41) is 14.5. The van der Waals surface area contributed by atoms with Gasteiger partial charge in [0.2, 0.25) is 0 Å². The molecule has 0 aliphatic carbocycles. The van der Waals surface area contributed by atoms with E-state index in [1.807, 2.05) is 13.8 Å². The Morgan fingerprint density at radius 2 is 1.90 bits per heavy atom. The van der Waals surface area contributed by atoms with Gasteiger partial charge >= 0.3 is 6.18 Å². The Hall–Kier alpha value is -1.79. The quantitative estimate of drug-likeness (QED) is 0.605. The molecule has 1 aliphatic heterocycles. The number of halogens is 5. The number of nitrogens with zero attached hydrogens (tertiary/aromatic N) is 3. The van der Waals surface area contributed by atoms with Crippen molar-refractivity contribution >= 4 is 5.91 Å². The van der Waals surface area contributed by atoms with E-state index in [0.717, 1.165) is 12.8 Å². The maximum absolute atomic E-state index is 13.5. The van der Waals surface area contributed by atoms with Crippen molar-refractivity contribution in [3.63, 3.8) is 0 Å². The summed E-state index contributed by atoms with van der Waals surface area (Å²) in [7, 11) is 1.63. The van der Waals surface area contributed by atoms with Gasteiger partial charge in [-0.05, 0) is 26.7 Å². The average molecular weight is 442 g/mol. The molecule has 0 spiro atoms. The number of hydrogen-bond acceptors (Lipinski definition) is 5. The van der Waals surface area contributed by atoms with Crippen LogP contribution < -0.4 is 5.32 Å². The van der Waals surface area contributed by atoms with Gasteiger partial charge in [0.05, 0.1) is 24.8 Å². The van der Waals surface area contributed by atoms with Gasteiger partial charge in [0.15, 0.2) is 5.69 Å². The topological polar surface area (TPSA) is 79.6 Å². The molecular weight excluding hydrogens is 415 g/mol. The summed E-state index contributed by atoms with van der Waals surface area (Å²) in [5.41, 5.74) is -4.67. The van der Waals surface area contributed by atoms with E-state index >= 15 is 0 Å². The molecule has 0 aromatic carbocycles. The van der Waals surface area contributed by atoms with Gasteiger partial charge in [0.25, 0.3) is 12.3 Å². The van der Waals surface area contributed by atoms with E-state index < -0.39 is 54.2 Å². The Kier molecular flexibility index (Phi) is 7.80. The number of likely N-dealkylation sites (tertiary alicyclic amines) is 1. The van der Waals surface area contributed by atoms with Crippen LogP contribution in [0.25, 0.3) is 0 Å². The fourth-order valence-corrected chi connectivity index (χ4v) is 3.58. The molecule has 1 aliphatic rings. The highest BCUT2D eigenvalue weighted by Gasteiger charge is 2.43. The van der Waals surface area contributed by atoms with Crippen molar-refractivity contribution in [2.75, 3.05) is 33.4 Å². The van der Waals surface area contributed by atoms with Crippen LogP contribution in [0.2, 0.25) is 0 Å². The Balaban J connectivity index is 2.23. The summed E-state index contributed by atoms with van der Waals surface area (Å²) in [6.45, 7) is 3.63. The lowest BCUT2D eigenvalue weighted by atomic mass is 9.97. The van der Waals surface area contributed by atoms with Crippen molar-refractivity contribution in [2.24, 2.45) is 0 Å². The number of methoxy groups -OCH3 is 1. The van der Waals surface area contributed by atoms with Crippen LogP contribution in [-0.2, 0) is 17.5 Å². The molecule has 7 nitrogen and oxygen atoms in total. The van der Waals surface area contributed by atoms with E-state index in [0.29, 0.717) is 17.8 Å². The van der Waals surface area contributed by atoms with Crippen LogP contribution in [0, 0.1) is 0 Å². The van der Waals surface area contributed by atoms with Gasteiger partial charge in [-0.1, -0.05) is 0 Å². The highest BCUT2D eigenvalue weighted by molar-refractivity contribution is 5.96. The lowest BCUT2D eigenvalue weighted by Crippen LogP contribution is -2.55. The first-order valence-electron chi connectivity index (χ1n) is 9.55. The van der Waals surface area contributed by atoms with Gasteiger partial charge in [-0.15, -0.1) is 0 Å². The molecule has 2 N–H and O–H groups in total. The molecule has 12 heteroatoms. The number of rotatable bonds is 8. The minimum Gasteiger partial charge on any atom is -0.394 e. The summed E-state index contributed by atoms with van der Waals surface area (Å²) in [5.74, 6) is -1.28. The maximum atomic E-state index is 13.5. The van der Waals surface area contributed by atoms with Gasteiger partial charge in [0, 0.05) is 32.3 Å². The number of ether oxygens (including phenoxy) is 1. The predicted octanol–water partition coefficient (Wildman–Crippen LogP) is 2.45. The lowest BCUT2D eigenvalue weighted by Gasteiger charge is -2.42. The molecule has 0 saturated carbocycles. The third kappa shape index (κ3) is 5.46. The highest BCUT2D eigenvalue weighted by Crippen LogP contribution is 2.36. The van der Waals surface area contributed by atoms with Crippen LogP contribution in [0.3, 0.4) is 0 Å². The monoisotopic (exact) mass is 442 g/mol. The largest absolute Gasteiger partial charge is 0.435 e. The second-order valence-electron chi connectivity index (χ2n) is 7.77. The molecule has 2 heterocycles. The molecule has 0 atom stereocenters. The van der Waals surface area contributed by atoms with E-state index in [1.54, 1.807) is 7.11 Å². The minimum absolute atomic E-state index is 0.0470. The van der Waals surface area contributed by atoms with E-state index in [2.05, 4.69) is 15.3 Å². The normalized spacial score (nSPS) is 17.0. The fraction of sp³-hybridized carbons (Fsp3) is 0.778. The van der Waals surface area contributed by atoms with Crippen molar-refractivity contribution in [1.29, 1.82) is 0 Å². The number of amides is 1. The number of aromatic nitrogens is 2. The molecular formula is C18H27F5N4O3. The van der Waals surface area contributed by atoms with E-state index in [1.165, 1.54) is 0 Å². The summed E-state index contributed by atoms with van der Waals surface area (Å²) in [4.78, 5) is 14.7. The van der Waals surface area contributed by atoms with Crippen molar-refractivity contribution < 1.29 is 36.6 Å². The van der Waals surface area contributed by atoms with Crippen LogP contribution in [0.5, 0.6) is 0 Å². The van der Waals surface area contributed by atoms with Crippen LogP contribution in [-0.4, -0.2) is 70.7 Å². The van der Waals surface area contributed by atoms with Gasteiger partial charge in [-0.2, -0.15) is 18.3 Å². The van der Waals surface area contributed by atoms with Crippen molar-refractivity contribution in [1.82, 2.24) is 20.0 Å². The molecule has 1 fully saturated rings. The second kappa shape index (κ2) is 9.56. The number of aliphatic hydroxyl groups excluding tert-OH is 1. The Labute approximate surface area is 171 Å². The van der Waals surface area contributed by atoms with Crippen LogP contribution >= 0.6 is 0 Å². The zero-order valence-electron chi connectivity index (χ0n) is 17.1. The zero-order chi connectivity index (χ0) is 22.7. The van der Waals surface area contributed by atoms with Crippen LogP contribution in [0.15, 0.2) is 0 Å². The number of aliphatic hydroxyl groups is 1. The molecule has 0 bridgehead atoms. The average Bonchev–Trinajstić information content (AvgIpc) is 3.06. The third-order valence-corrected chi connectivity index (χ3v) is 5.32. The highest BCUT2D eigenvalue weighted by atomic mass is 19.4. The number of carbonyl (C=O) groups is 1. The first-order valence-corrected chi connectivity index (χ1v) is 9.55. The van der Waals surface area contributed by atoms with E-state index in [4.69, 9.17) is 9.84 Å². The Morgan fingerprint density at radius 1 is 1.30 bits per heavy atom. The lowest BCUT2D eigenvalue weighted by molar-refractivity contribution is -0.141.